The number of fused-ring (bicyclic) bond motifs is 1. The molecule has 1 aliphatic rings. The lowest BCUT2D eigenvalue weighted by molar-refractivity contribution is -0.119. The van der Waals surface area contributed by atoms with E-state index < -0.39 is 5.41 Å². The van der Waals surface area contributed by atoms with E-state index in [0.29, 0.717) is 5.92 Å². The summed E-state index contributed by atoms with van der Waals surface area (Å²) in [6.07, 6.45) is 4.62. The van der Waals surface area contributed by atoms with Crippen LogP contribution in [0.25, 0.3) is 0 Å². The molecule has 0 radical (unpaired) electrons. The number of nitrogens with one attached hydrogen (secondary N) is 1. The van der Waals surface area contributed by atoms with E-state index in [2.05, 4.69) is 31.3 Å². The van der Waals surface area contributed by atoms with Gasteiger partial charge in [-0.1, -0.05) is 38.8 Å². The number of carbonyl (C=O) groups is 1. The van der Waals surface area contributed by atoms with E-state index in [1.54, 1.807) is 0 Å². The van der Waals surface area contributed by atoms with Crippen molar-refractivity contribution >= 4 is 23.2 Å². The van der Waals surface area contributed by atoms with Crippen LogP contribution >= 0.6 is 11.6 Å². The van der Waals surface area contributed by atoms with Crippen molar-refractivity contribution in [2.24, 2.45) is 5.92 Å². The van der Waals surface area contributed by atoms with E-state index in [4.69, 9.17) is 11.6 Å². The number of anilines is 1. The molecule has 1 heterocycles. The summed E-state index contributed by atoms with van der Waals surface area (Å²) in [5, 5.41) is 2.98. The summed E-state index contributed by atoms with van der Waals surface area (Å²) in [7, 11) is 0. The molecule has 1 unspecified atom stereocenters. The van der Waals surface area contributed by atoms with Gasteiger partial charge in [0.2, 0.25) is 5.91 Å². The number of halogens is 1. The van der Waals surface area contributed by atoms with Gasteiger partial charge in [-0.2, -0.15) is 0 Å². The normalized spacial score (nSPS) is 17.7. The van der Waals surface area contributed by atoms with Gasteiger partial charge in [0.05, 0.1) is 10.8 Å². The summed E-state index contributed by atoms with van der Waals surface area (Å²) < 4.78 is 0. The Morgan fingerprint density at radius 2 is 1.81 bits per heavy atom. The molecule has 0 fully saturated rings. The monoisotopic (exact) mass is 307 g/mol. The average Bonchev–Trinajstić information content (AvgIpc) is 2.68. The fourth-order valence-electron chi connectivity index (χ4n) is 3.21. The van der Waals surface area contributed by atoms with Crippen molar-refractivity contribution in [1.29, 1.82) is 0 Å². The topological polar surface area (TPSA) is 29.1 Å². The summed E-state index contributed by atoms with van der Waals surface area (Å²) in [5.74, 6) is 0.576. The Kier molecular flexibility index (Phi) is 4.98. The molecule has 1 N–H and O–H groups in total. The molecule has 1 aliphatic heterocycles. The maximum absolute atomic E-state index is 12.0. The summed E-state index contributed by atoms with van der Waals surface area (Å²) >= 11 is 6.76. The molecule has 1 aromatic rings. The molecule has 116 valence electrons. The van der Waals surface area contributed by atoms with Gasteiger partial charge < -0.3 is 5.32 Å². The van der Waals surface area contributed by atoms with Gasteiger partial charge in [-0.25, -0.2) is 0 Å². The van der Waals surface area contributed by atoms with E-state index in [1.807, 2.05) is 19.9 Å². The summed E-state index contributed by atoms with van der Waals surface area (Å²) in [4.78, 5) is 12.0. The molecule has 0 saturated heterocycles. The molecule has 1 atom stereocenters. The fourth-order valence-corrected chi connectivity index (χ4v) is 3.60. The van der Waals surface area contributed by atoms with Crippen LogP contribution in [0.1, 0.15) is 69.9 Å². The highest BCUT2D eigenvalue weighted by atomic mass is 35.5. The first-order valence-electron chi connectivity index (χ1n) is 8.01. The van der Waals surface area contributed by atoms with Crippen molar-refractivity contribution < 1.29 is 4.79 Å². The highest BCUT2D eigenvalue weighted by Crippen LogP contribution is 2.42. The lowest BCUT2D eigenvalue weighted by Gasteiger charge is -2.23. The first kappa shape index (κ1) is 16.4. The first-order chi connectivity index (χ1) is 9.91. The molecular weight excluding hydrogens is 282 g/mol. The van der Waals surface area contributed by atoms with Gasteiger partial charge in [0.25, 0.3) is 0 Å². The Balaban J connectivity index is 2.30. The summed E-state index contributed by atoms with van der Waals surface area (Å²) in [5.41, 5.74) is 2.68. The molecule has 1 aromatic carbocycles. The van der Waals surface area contributed by atoms with E-state index in [9.17, 15) is 4.79 Å². The third-order valence-corrected chi connectivity index (χ3v) is 5.19. The zero-order valence-electron chi connectivity index (χ0n) is 13.5. The molecule has 1 amide bonds. The van der Waals surface area contributed by atoms with Gasteiger partial charge in [0.15, 0.2) is 0 Å². The van der Waals surface area contributed by atoms with Crippen LogP contribution in [0.4, 0.5) is 5.69 Å². The molecular formula is C18H26ClNO. The number of hydrogen-bond acceptors (Lipinski definition) is 1. The molecule has 2 nitrogen and oxygen atoms in total. The number of hydrogen-bond donors (Lipinski definition) is 1. The van der Waals surface area contributed by atoms with Crippen molar-refractivity contribution in [2.75, 3.05) is 5.32 Å². The van der Waals surface area contributed by atoms with Crippen molar-refractivity contribution in [3.05, 3.63) is 29.3 Å². The Hall–Kier alpha value is -1.02. The lowest BCUT2D eigenvalue weighted by Crippen LogP contribution is -2.27. The van der Waals surface area contributed by atoms with Crippen LogP contribution in [0, 0.1) is 5.92 Å². The smallest absolute Gasteiger partial charge is 0.234 e. The predicted molar refractivity (Wildman–Crippen MR) is 90.0 cm³/mol. The average molecular weight is 308 g/mol. The van der Waals surface area contributed by atoms with Gasteiger partial charge >= 0.3 is 0 Å². The molecule has 0 saturated carbocycles. The van der Waals surface area contributed by atoms with Crippen LogP contribution in [0.3, 0.4) is 0 Å². The minimum atomic E-state index is -0.465. The van der Waals surface area contributed by atoms with Gasteiger partial charge in [-0.05, 0) is 49.8 Å². The Morgan fingerprint density at radius 1 is 1.19 bits per heavy atom. The maximum Gasteiger partial charge on any atom is 0.234 e. The highest BCUT2D eigenvalue weighted by Gasteiger charge is 2.38. The zero-order chi connectivity index (χ0) is 15.6. The van der Waals surface area contributed by atoms with Crippen molar-refractivity contribution in [3.8, 4) is 0 Å². The number of alkyl halides is 1. The maximum atomic E-state index is 12.0. The van der Waals surface area contributed by atoms with E-state index in [0.717, 1.165) is 42.5 Å². The molecule has 0 bridgehead atoms. The highest BCUT2D eigenvalue weighted by molar-refractivity contribution is 6.21. The van der Waals surface area contributed by atoms with E-state index >= 15 is 0 Å². The molecule has 0 aromatic heterocycles. The van der Waals surface area contributed by atoms with Crippen LogP contribution in [0.2, 0.25) is 0 Å². The third-order valence-electron chi connectivity index (χ3n) is 4.58. The van der Waals surface area contributed by atoms with Crippen LogP contribution in [0.15, 0.2) is 18.2 Å². The second kappa shape index (κ2) is 6.39. The van der Waals surface area contributed by atoms with Gasteiger partial charge in [-0.3, -0.25) is 4.79 Å². The Morgan fingerprint density at radius 3 is 2.38 bits per heavy atom. The van der Waals surface area contributed by atoms with Gasteiger partial charge in [0, 0.05) is 5.69 Å². The van der Waals surface area contributed by atoms with Crippen LogP contribution < -0.4 is 5.32 Å². The lowest BCUT2D eigenvalue weighted by atomic mass is 9.83. The van der Waals surface area contributed by atoms with E-state index in [-0.39, 0.29) is 11.3 Å². The number of amides is 1. The Labute approximate surface area is 133 Å². The largest absolute Gasteiger partial charge is 0.325 e. The number of carbonyl (C=O) groups excluding carboxylic acids is 1. The molecule has 0 aliphatic carbocycles. The third kappa shape index (κ3) is 3.11. The fraction of sp³-hybridized carbons (Fsp3) is 0.611. The number of rotatable bonds is 6. The second-order valence-electron chi connectivity index (χ2n) is 6.62. The predicted octanol–water partition coefficient (Wildman–Crippen LogP) is 5.41. The molecule has 21 heavy (non-hydrogen) atoms. The molecule has 2 rings (SSSR count). The molecule has 3 heteroatoms. The van der Waals surface area contributed by atoms with Crippen molar-refractivity contribution in [3.63, 3.8) is 0 Å². The van der Waals surface area contributed by atoms with Crippen LogP contribution in [-0.2, 0) is 10.2 Å². The standard InChI is InChI=1S/C18H26ClNO/c1-5-7-12(8-6-2)16(19)13-9-10-15-14(11-13)18(3,4)17(21)20-15/h9-12,16H,5-8H2,1-4H3,(H,20,21). The summed E-state index contributed by atoms with van der Waals surface area (Å²) in [6, 6.07) is 6.20. The van der Waals surface area contributed by atoms with Crippen LogP contribution in [-0.4, -0.2) is 5.91 Å². The number of benzene rings is 1. The molecule has 0 spiro atoms. The van der Waals surface area contributed by atoms with Gasteiger partial charge in [-0.15, -0.1) is 11.6 Å². The quantitative estimate of drug-likeness (QED) is 0.699. The van der Waals surface area contributed by atoms with E-state index in [1.165, 1.54) is 0 Å². The van der Waals surface area contributed by atoms with Crippen molar-refractivity contribution in [1.82, 2.24) is 0 Å². The van der Waals surface area contributed by atoms with Gasteiger partial charge in [0.1, 0.15) is 0 Å². The minimum Gasteiger partial charge on any atom is -0.325 e. The SMILES string of the molecule is CCCC(CCC)C(Cl)c1ccc2c(c1)C(C)(C)C(=O)N2. The minimum absolute atomic E-state index is 0.0294. The van der Waals surface area contributed by atoms with Crippen LogP contribution in [0.5, 0.6) is 0 Å². The summed E-state index contributed by atoms with van der Waals surface area (Å²) in [6.45, 7) is 8.36. The first-order valence-corrected chi connectivity index (χ1v) is 8.45. The second-order valence-corrected chi connectivity index (χ2v) is 7.09. The van der Waals surface area contributed by atoms with Crippen molar-refractivity contribution in [2.45, 2.75) is 64.2 Å². The zero-order valence-corrected chi connectivity index (χ0v) is 14.3. The Bertz CT molecular complexity index is 518.